The quantitative estimate of drug-likeness (QED) is 0.441. The number of aromatic nitrogens is 1. The summed E-state index contributed by atoms with van der Waals surface area (Å²) in [5.74, 6) is 0.129. The highest BCUT2D eigenvalue weighted by molar-refractivity contribution is 6.04. The first-order valence-electron chi connectivity index (χ1n) is 10.9. The van der Waals surface area contributed by atoms with Gasteiger partial charge in [0.05, 0.1) is 19.4 Å². The molecule has 0 saturated heterocycles. The van der Waals surface area contributed by atoms with Crippen molar-refractivity contribution in [2.45, 2.75) is 32.2 Å². The van der Waals surface area contributed by atoms with Crippen molar-refractivity contribution < 1.29 is 24.2 Å². The molecule has 1 aromatic heterocycles. The number of aromatic amines is 1. The SMILES string of the molecule is CCC1OC(C=O)N(Cc2ccc(NC(=O)c3ccc[nH]3)cc2)N=C1c1ccc(OC)c(O)c1. The van der Waals surface area contributed by atoms with E-state index >= 15 is 0 Å². The number of nitrogens with one attached hydrogen (secondary N) is 2. The molecule has 2 heterocycles. The first-order chi connectivity index (χ1) is 16.5. The molecule has 4 rings (SSSR count). The maximum Gasteiger partial charge on any atom is 0.272 e. The van der Waals surface area contributed by atoms with Crippen molar-refractivity contribution in [1.82, 2.24) is 9.99 Å². The summed E-state index contributed by atoms with van der Waals surface area (Å²) in [6.07, 6.45) is 1.78. The third-order valence-electron chi connectivity index (χ3n) is 5.50. The van der Waals surface area contributed by atoms with Crippen LogP contribution in [0.15, 0.2) is 65.9 Å². The van der Waals surface area contributed by atoms with Crippen molar-refractivity contribution in [2.24, 2.45) is 5.10 Å². The third-order valence-corrected chi connectivity index (χ3v) is 5.50. The molecule has 0 bridgehead atoms. The third kappa shape index (κ3) is 4.94. The van der Waals surface area contributed by atoms with Crippen LogP contribution in [0.1, 0.15) is 35.0 Å². The lowest BCUT2D eigenvalue weighted by molar-refractivity contribution is -0.139. The number of carbonyl (C=O) groups excluding carboxylic acids is 2. The largest absolute Gasteiger partial charge is 0.504 e. The second-order valence-corrected chi connectivity index (χ2v) is 7.76. The van der Waals surface area contributed by atoms with Gasteiger partial charge in [-0.2, -0.15) is 5.10 Å². The zero-order valence-corrected chi connectivity index (χ0v) is 18.9. The van der Waals surface area contributed by atoms with Crippen LogP contribution in [0, 0.1) is 0 Å². The lowest BCUT2D eigenvalue weighted by Crippen LogP contribution is -2.45. The Hall–Kier alpha value is -4.11. The molecule has 2 aromatic carbocycles. The number of ether oxygens (including phenoxy) is 2. The summed E-state index contributed by atoms with van der Waals surface area (Å²) < 4.78 is 11.1. The fourth-order valence-corrected chi connectivity index (χ4v) is 3.72. The molecule has 2 unspecified atom stereocenters. The Morgan fingerprint density at radius 2 is 2.06 bits per heavy atom. The minimum absolute atomic E-state index is 0.00130. The standard InChI is InChI=1S/C25H26N4O5/c1-3-21-24(17-8-11-22(33-2)20(31)13-17)28-29(23(15-30)34-21)14-16-6-9-18(10-7-16)27-25(32)19-5-4-12-26-19/h4-13,15,21,23,26,31H,3,14H2,1-2H3,(H,27,32). The van der Waals surface area contributed by atoms with E-state index < -0.39 is 12.3 Å². The van der Waals surface area contributed by atoms with Crippen molar-refractivity contribution >= 4 is 23.6 Å². The monoisotopic (exact) mass is 462 g/mol. The van der Waals surface area contributed by atoms with Gasteiger partial charge in [-0.3, -0.25) is 14.6 Å². The Balaban J connectivity index is 1.54. The van der Waals surface area contributed by atoms with Gasteiger partial charge in [-0.15, -0.1) is 0 Å². The number of phenols is 1. The van der Waals surface area contributed by atoms with Gasteiger partial charge in [0.2, 0.25) is 6.23 Å². The lowest BCUT2D eigenvalue weighted by Gasteiger charge is -2.35. The number of hydrogen-bond acceptors (Lipinski definition) is 7. The second kappa shape index (κ2) is 10.2. The van der Waals surface area contributed by atoms with E-state index in [1.807, 2.05) is 19.1 Å². The highest BCUT2D eigenvalue weighted by Gasteiger charge is 2.31. The Labute approximate surface area is 197 Å². The summed E-state index contributed by atoms with van der Waals surface area (Å²) in [5.41, 5.74) is 3.30. The Morgan fingerprint density at radius 1 is 1.26 bits per heavy atom. The van der Waals surface area contributed by atoms with E-state index in [2.05, 4.69) is 10.3 Å². The molecule has 0 aliphatic carbocycles. The van der Waals surface area contributed by atoms with Crippen LogP contribution in [0.3, 0.4) is 0 Å². The summed E-state index contributed by atoms with van der Waals surface area (Å²) in [6.45, 7) is 2.26. The second-order valence-electron chi connectivity index (χ2n) is 7.76. The maximum atomic E-state index is 12.2. The molecular weight excluding hydrogens is 436 g/mol. The number of H-pyrrole nitrogens is 1. The molecule has 1 aliphatic heterocycles. The van der Waals surface area contributed by atoms with Crippen molar-refractivity contribution in [3.8, 4) is 11.5 Å². The number of hydrazone groups is 1. The number of anilines is 1. The molecule has 0 saturated carbocycles. The predicted molar refractivity (Wildman–Crippen MR) is 127 cm³/mol. The zero-order valence-electron chi connectivity index (χ0n) is 18.9. The van der Waals surface area contributed by atoms with Gasteiger partial charge in [0.15, 0.2) is 17.8 Å². The molecule has 9 heteroatoms. The van der Waals surface area contributed by atoms with Crippen molar-refractivity contribution in [2.75, 3.05) is 12.4 Å². The van der Waals surface area contributed by atoms with E-state index in [1.165, 1.54) is 7.11 Å². The predicted octanol–water partition coefficient (Wildman–Crippen LogP) is 3.52. The summed E-state index contributed by atoms with van der Waals surface area (Å²) in [6, 6.07) is 15.8. The number of benzene rings is 2. The van der Waals surface area contributed by atoms with Crippen LogP contribution in [0.2, 0.25) is 0 Å². The molecular formula is C25H26N4O5. The number of rotatable bonds is 8. The number of aromatic hydroxyl groups is 1. The number of hydrogen-bond donors (Lipinski definition) is 3. The van der Waals surface area contributed by atoms with Crippen LogP contribution in [0.4, 0.5) is 5.69 Å². The first kappa shape index (κ1) is 23.1. The van der Waals surface area contributed by atoms with Gasteiger partial charge in [-0.1, -0.05) is 19.1 Å². The van der Waals surface area contributed by atoms with E-state index in [1.54, 1.807) is 53.7 Å². The molecule has 34 heavy (non-hydrogen) atoms. The van der Waals surface area contributed by atoms with Crippen molar-refractivity contribution in [3.63, 3.8) is 0 Å². The van der Waals surface area contributed by atoms with Gasteiger partial charge in [0.25, 0.3) is 5.91 Å². The highest BCUT2D eigenvalue weighted by Crippen LogP contribution is 2.29. The van der Waals surface area contributed by atoms with Crippen molar-refractivity contribution in [1.29, 1.82) is 0 Å². The fourth-order valence-electron chi connectivity index (χ4n) is 3.72. The molecule has 3 aromatic rings. The van der Waals surface area contributed by atoms with Gasteiger partial charge in [-0.25, -0.2) is 0 Å². The van der Waals surface area contributed by atoms with Crippen LogP contribution in [0.25, 0.3) is 0 Å². The average Bonchev–Trinajstić information content (AvgIpc) is 3.40. The number of phenolic OH excluding ortho intramolecular Hbond substituents is 1. The summed E-state index contributed by atoms with van der Waals surface area (Å²) in [7, 11) is 1.48. The number of carbonyl (C=O) groups is 2. The fraction of sp³-hybridized carbons (Fsp3) is 0.240. The summed E-state index contributed by atoms with van der Waals surface area (Å²) in [4.78, 5) is 26.8. The van der Waals surface area contributed by atoms with E-state index in [4.69, 9.17) is 14.6 Å². The Kier molecular flexibility index (Phi) is 6.93. The van der Waals surface area contributed by atoms with Gasteiger partial charge in [-0.05, 0) is 54.4 Å². The zero-order chi connectivity index (χ0) is 24.1. The first-order valence-corrected chi connectivity index (χ1v) is 10.9. The molecule has 176 valence electrons. The van der Waals surface area contributed by atoms with Crippen LogP contribution in [-0.2, 0) is 16.1 Å². The maximum absolute atomic E-state index is 12.2. The highest BCUT2D eigenvalue weighted by atomic mass is 16.5. The summed E-state index contributed by atoms with van der Waals surface area (Å²) in [5, 5.41) is 19.3. The number of aldehydes is 1. The topological polar surface area (TPSA) is 116 Å². The Bertz CT molecular complexity index is 1170. The van der Waals surface area contributed by atoms with Crippen molar-refractivity contribution in [3.05, 3.63) is 77.6 Å². The van der Waals surface area contributed by atoms with Crippen LogP contribution < -0.4 is 10.1 Å². The van der Waals surface area contributed by atoms with Gasteiger partial charge >= 0.3 is 0 Å². The number of nitrogens with zero attached hydrogens (tertiary/aromatic N) is 2. The van der Waals surface area contributed by atoms with E-state index in [0.29, 0.717) is 41.4 Å². The number of methoxy groups -OCH3 is 1. The minimum Gasteiger partial charge on any atom is -0.504 e. The smallest absolute Gasteiger partial charge is 0.272 e. The molecule has 2 atom stereocenters. The van der Waals surface area contributed by atoms with Gasteiger partial charge in [0.1, 0.15) is 11.8 Å². The van der Waals surface area contributed by atoms with Gasteiger partial charge < -0.3 is 24.9 Å². The molecule has 0 spiro atoms. The normalized spacial score (nSPS) is 17.7. The Morgan fingerprint density at radius 3 is 2.68 bits per heavy atom. The molecule has 1 aliphatic rings. The number of amides is 1. The molecule has 3 N–H and O–H groups in total. The van der Waals surface area contributed by atoms with E-state index in [-0.39, 0.29) is 11.7 Å². The van der Waals surface area contributed by atoms with E-state index in [9.17, 15) is 14.7 Å². The minimum atomic E-state index is -0.840. The molecule has 0 radical (unpaired) electrons. The molecule has 1 amide bonds. The molecule has 0 fully saturated rings. The van der Waals surface area contributed by atoms with Crippen LogP contribution in [-0.4, -0.2) is 52.4 Å². The summed E-state index contributed by atoms with van der Waals surface area (Å²) >= 11 is 0. The van der Waals surface area contributed by atoms with Crippen LogP contribution in [0.5, 0.6) is 11.5 Å². The van der Waals surface area contributed by atoms with Gasteiger partial charge in [0, 0.05) is 17.4 Å². The van der Waals surface area contributed by atoms with E-state index in [0.717, 1.165) is 11.8 Å². The molecule has 9 nitrogen and oxygen atoms in total. The van der Waals surface area contributed by atoms with Crippen LogP contribution >= 0.6 is 0 Å². The average molecular weight is 463 g/mol. The lowest BCUT2D eigenvalue weighted by atomic mass is 10.0.